The second-order valence-corrected chi connectivity index (χ2v) is 6.00. The molecule has 2 aliphatic carbocycles. The molecule has 1 saturated carbocycles. The second-order valence-electron chi connectivity index (χ2n) is 6.00. The van der Waals surface area contributed by atoms with Crippen LogP contribution in [0.1, 0.15) is 36.3 Å². The highest BCUT2D eigenvalue weighted by molar-refractivity contribution is 5.80. The first kappa shape index (κ1) is 12.5. The van der Waals surface area contributed by atoms with Crippen molar-refractivity contribution in [2.24, 2.45) is 16.3 Å². The fourth-order valence-electron chi connectivity index (χ4n) is 3.07. The van der Waals surface area contributed by atoms with Gasteiger partial charge in [0.15, 0.2) is 0 Å². The summed E-state index contributed by atoms with van der Waals surface area (Å²) >= 11 is 0. The van der Waals surface area contributed by atoms with E-state index < -0.39 is 0 Å². The van der Waals surface area contributed by atoms with Crippen molar-refractivity contribution in [1.82, 2.24) is 5.32 Å². The van der Waals surface area contributed by atoms with E-state index in [1.807, 2.05) is 0 Å². The summed E-state index contributed by atoms with van der Waals surface area (Å²) in [4.78, 5) is 0. The van der Waals surface area contributed by atoms with Crippen LogP contribution in [0.15, 0.2) is 29.4 Å². The quantitative estimate of drug-likeness (QED) is 0.316. The van der Waals surface area contributed by atoms with Gasteiger partial charge in [-0.25, -0.2) is 0 Å². The van der Waals surface area contributed by atoms with Gasteiger partial charge in [0.1, 0.15) is 5.84 Å². The van der Waals surface area contributed by atoms with Crippen LogP contribution in [-0.2, 0) is 6.42 Å². The molecule has 1 unspecified atom stereocenters. The predicted octanol–water partition coefficient (Wildman–Crippen LogP) is 1.83. The topological polar surface area (TPSA) is 70.6 Å². The van der Waals surface area contributed by atoms with E-state index in [0.29, 0.717) is 18.2 Å². The van der Waals surface area contributed by atoms with Crippen molar-refractivity contribution in [2.45, 2.75) is 31.6 Å². The summed E-state index contributed by atoms with van der Waals surface area (Å²) in [5.74, 6) is 1.02. The third-order valence-electron chi connectivity index (χ3n) is 4.49. The molecule has 0 heterocycles. The number of nitrogens with two attached hydrogens (primary N) is 1. The maximum Gasteiger partial charge on any atom is 0.139 e. The number of oxime groups is 1. The van der Waals surface area contributed by atoms with Crippen LogP contribution in [0.2, 0.25) is 0 Å². The first-order valence-electron chi connectivity index (χ1n) is 6.97. The molecule has 1 aromatic rings. The number of hydrogen-bond acceptors (Lipinski definition) is 3. The zero-order valence-electron chi connectivity index (χ0n) is 11.1. The number of rotatable bonds is 6. The van der Waals surface area contributed by atoms with Gasteiger partial charge in [-0.3, -0.25) is 0 Å². The minimum absolute atomic E-state index is 0.250. The molecule has 2 aliphatic rings. The van der Waals surface area contributed by atoms with Gasteiger partial charge in [-0.05, 0) is 35.8 Å². The molecular formula is C15H21N3O. The maximum atomic E-state index is 8.64. The first-order valence-corrected chi connectivity index (χ1v) is 6.97. The number of fused-ring (bicyclic) bond motifs is 1. The van der Waals surface area contributed by atoms with Crippen LogP contribution in [0.3, 0.4) is 0 Å². The smallest absolute Gasteiger partial charge is 0.139 e. The molecule has 0 bridgehead atoms. The van der Waals surface area contributed by atoms with E-state index in [1.54, 1.807) is 0 Å². The van der Waals surface area contributed by atoms with Gasteiger partial charge < -0.3 is 16.3 Å². The Balaban J connectivity index is 1.45. The Morgan fingerprint density at radius 2 is 2.21 bits per heavy atom. The predicted molar refractivity (Wildman–Crippen MR) is 75.4 cm³/mol. The molecule has 0 amide bonds. The van der Waals surface area contributed by atoms with Crippen molar-refractivity contribution in [2.75, 3.05) is 13.1 Å². The molecule has 1 atom stereocenters. The Bertz CT molecular complexity index is 494. The summed E-state index contributed by atoms with van der Waals surface area (Å²) in [6.07, 6.45) is 4.25. The van der Waals surface area contributed by atoms with E-state index in [9.17, 15) is 0 Å². The summed E-state index contributed by atoms with van der Waals surface area (Å²) in [5.41, 5.74) is 8.84. The zero-order valence-corrected chi connectivity index (χ0v) is 11.1. The molecule has 102 valence electrons. The van der Waals surface area contributed by atoms with Crippen LogP contribution in [0.5, 0.6) is 0 Å². The van der Waals surface area contributed by atoms with E-state index in [-0.39, 0.29) is 5.41 Å². The fraction of sp³-hybridized carbons (Fsp3) is 0.533. The fourth-order valence-corrected chi connectivity index (χ4v) is 3.07. The lowest BCUT2D eigenvalue weighted by atomic mass is 9.77. The monoisotopic (exact) mass is 259 g/mol. The first-order chi connectivity index (χ1) is 9.22. The highest BCUT2D eigenvalue weighted by Crippen LogP contribution is 2.48. The molecule has 1 fully saturated rings. The summed E-state index contributed by atoms with van der Waals surface area (Å²) in [7, 11) is 0. The highest BCUT2D eigenvalue weighted by atomic mass is 16.4. The molecule has 1 aromatic carbocycles. The van der Waals surface area contributed by atoms with Crippen molar-refractivity contribution >= 4 is 5.84 Å². The summed E-state index contributed by atoms with van der Waals surface area (Å²) in [5, 5.41) is 15.3. The number of nitrogens with zero attached hydrogens (tertiary/aromatic N) is 1. The van der Waals surface area contributed by atoms with Crippen LogP contribution in [0.25, 0.3) is 0 Å². The molecular weight excluding hydrogens is 238 g/mol. The Labute approximate surface area is 113 Å². The van der Waals surface area contributed by atoms with Gasteiger partial charge in [-0.15, -0.1) is 0 Å². The average Bonchev–Trinajstić information content (AvgIpc) is 3.15. The Kier molecular flexibility index (Phi) is 3.19. The standard InChI is InChI=1S/C15H21N3O/c16-14(18-19)8-15(5-6-15)10-17-9-12-7-11-3-1-2-4-13(11)12/h1-4,12,17,19H,5-10H2,(H2,16,18). The van der Waals surface area contributed by atoms with E-state index in [1.165, 1.54) is 30.4 Å². The van der Waals surface area contributed by atoms with Crippen molar-refractivity contribution in [3.8, 4) is 0 Å². The third-order valence-corrected chi connectivity index (χ3v) is 4.49. The van der Waals surface area contributed by atoms with Gasteiger partial charge in [0.2, 0.25) is 0 Å². The van der Waals surface area contributed by atoms with Crippen LogP contribution >= 0.6 is 0 Å². The van der Waals surface area contributed by atoms with Gasteiger partial charge in [-0.1, -0.05) is 29.4 Å². The zero-order chi connectivity index (χ0) is 13.3. The maximum absolute atomic E-state index is 8.64. The lowest BCUT2D eigenvalue weighted by Gasteiger charge is -2.31. The number of benzene rings is 1. The van der Waals surface area contributed by atoms with Gasteiger partial charge in [-0.2, -0.15) is 0 Å². The number of hydrogen-bond donors (Lipinski definition) is 3. The largest absolute Gasteiger partial charge is 0.409 e. The summed E-state index contributed by atoms with van der Waals surface area (Å²) in [6, 6.07) is 8.67. The molecule has 0 saturated heterocycles. The Morgan fingerprint density at radius 1 is 1.42 bits per heavy atom. The number of nitrogens with one attached hydrogen (secondary N) is 1. The van der Waals surface area contributed by atoms with Crippen LogP contribution in [-0.4, -0.2) is 24.1 Å². The normalized spacial score (nSPS) is 23.6. The lowest BCUT2D eigenvalue weighted by molar-refractivity contribution is 0.314. The van der Waals surface area contributed by atoms with Crippen molar-refractivity contribution in [3.63, 3.8) is 0 Å². The van der Waals surface area contributed by atoms with Gasteiger partial charge >= 0.3 is 0 Å². The third kappa shape index (κ3) is 2.59. The van der Waals surface area contributed by atoms with Gasteiger partial charge in [0.05, 0.1) is 0 Å². The summed E-state index contributed by atoms with van der Waals surface area (Å²) in [6.45, 7) is 2.01. The minimum Gasteiger partial charge on any atom is -0.409 e. The Hall–Kier alpha value is -1.55. The number of amidine groups is 1. The molecule has 0 spiro atoms. The average molecular weight is 259 g/mol. The Morgan fingerprint density at radius 3 is 2.89 bits per heavy atom. The molecule has 0 aromatic heterocycles. The van der Waals surface area contributed by atoms with E-state index >= 15 is 0 Å². The van der Waals surface area contributed by atoms with E-state index in [0.717, 1.165) is 13.1 Å². The van der Waals surface area contributed by atoms with Crippen molar-refractivity contribution in [1.29, 1.82) is 0 Å². The van der Waals surface area contributed by atoms with E-state index in [4.69, 9.17) is 10.9 Å². The SMILES string of the molecule is NC(CC1(CNCC2Cc3ccccc32)CC1)=NO. The van der Waals surface area contributed by atoms with E-state index in [2.05, 4.69) is 34.7 Å². The van der Waals surface area contributed by atoms with Crippen molar-refractivity contribution in [3.05, 3.63) is 35.4 Å². The minimum atomic E-state index is 0.250. The van der Waals surface area contributed by atoms with Gasteiger partial charge in [0, 0.05) is 25.4 Å². The molecule has 4 nitrogen and oxygen atoms in total. The molecule has 19 heavy (non-hydrogen) atoms. The molecule has 0 radical (unpaired) electrons. The van der Waals surface area contributed by atoms with Crippen LogP contribution < -0.4 is 11.1 Å². The second kappa shape index (κ2) is 4.85. The molecule has 4 heteroatoms. The highest BCUT2D eigenvalue weighted by Gasteiger charge is 2.43. The lowest BCUT2D eigenvalue weighted by Crippen LogP contribution is -2.34. The molecule has 3 rings (SSSR count). The summed E-state index contributed by atoms with van der Waals surface area (Å²) < 4.78 is 0. The van der Waals surface area contributed by atoms with Crippen LogP contribution in [0.4, 0.5) is 0 Å². The van der Waals surface area contributed by atoms with Gasteiger partial charge in [0.25, 0.3) is 0 Å². The van der Waals surface area contributed by atoms with Crippen LogP contribution in [0, 0.1) is 5.41 Å². The van der Waals surface area contributed by atoms with Crippen molar-refractivity contribution < 1.29 is 5.21 Å². The molecule has 4 N–H and O–H groups in total. The molecule has 0 aliphatic heterocycles.